The number of rotatable bonds is 3. The van der Waals surface area contributed by atoms with Crippen LogP contribution in [0.15, 0.2) is 18.6 Å². The molecular formula is C16H21N3O3. The van der Waals surface area contributed by atoms with Crippen molar-refractivity contribution in [2.75, 3.05) is 19.7 Å². The molecule has 2 aliphatic heterocycles. The SMILES string of the molecule is C[C@@H]1C[C@H]1C(=O)N1CC2(C[C@@H](Oc3cnccn3)CCO2)C1. The maximum Gasteiger partial charge on any atom is 0.232 e. The highest BCUT2D eigenvalue weighted by Gasteiger charge is 2.53. The van der Waals surface area contributed by atoms with E-state index < -0.39 is 0 Å². The molecule has 3 fully saturated rings. The van der Waals surface area contributed by atoms with Gasteiger partial charge in [-0.1, -0.05) is 6.92 Å². The molecule has 0 N–H and O–H groups in total. The van der Waals surface area contributed by atoms with Crippen molar-refractivity contribution in [2.45, 2.75) is 37.9 Å². The number of nitrogens with zero attached hydrogens (tertiary/aromatic N) is 3. The number of carbonyl (C=O) groups is 1. The second-order valence-electron chi connectivity index (χ2n) is 6.82. The first-order valence-corrected chi connectivity index (χ1v) is 8.01. The van der Waals surface area contributed by atoms with Gasteiger partial charge in [-0.15, -0.1) is 0 Å². The lowest BCUT2D eigenvalue weighted by Gasteiger charge is -2.53. The standard InChI is InChI=1S/C16H21N3O3/c1-11-6-13(11)15(20)19-9-16(10-19)7-12(2-5-21-16)22-14-8-17-3-4-18-14/h3-4,8,11-13H,2,5-7,9-10H2,1H3/t11-,12+,13-/m1/s1. The molecule has 6 nitrogen and oxygen atoms in total. The molecule has 2 saturated heterocycles. The normalized spacial score (nSPS) is 32.4. The summed E-state index contributed by atoms with van der Waals surface area (Å²) in [5.41, 5.74) is -0.209. The van der Waals surface area contributed by atoms with Crippen LogP contribution >= 0.6 is 0 Å². The average Bonchev–Trinajstić information content (AvgIpc) is 3.22. The molecule has 1 spiro atoms. The van der Waals surface area contributed by atoms with Gasteiger partial charge in [-0.05, 0) is 12.3 Å². The Morgan fingerprint density at radius 1 is 1.45 bits per heavy atom. The zero-order valence-corrected chi connectivity index (χ0v) is 12.8. The number of carbonyl (C=O) groups excluding carboxylic acids is 1. The molecule has 1 aromatic heterocycles. The topological polar surface area (TPSA) is 64.6 Å². The smallest absolute Gasteiger partial charge is 0.232 e. The summed E-state index contributed by atoms with van der Waals surface area (Å²) < 4.78 is 11.9. The number of likely N-dealkylation sites (tertiary alicyclic amines) is 1. The minimum absolute atomic E-state index is 0.0857. The first-order chi connectivity index (χ1) is 10.7. The van der Waals surface area contributed by atoms with Crippen LogP contribution in [0.2, 0.25) is 0 Å². The summed E-state index contributed by atoms with van der Waals surface area (Å²) in [5, 5.41) is 0. The van der Waals surface area contributed by atoms with Crippen LogP contribution in [-0.4, -0.2) is 52.2 Å². The van der Waals surface area contributed by atoms with Gasteiger partial charge in [0, 0.05) is 31.2 Å². The lowest BCUT2D eigenvalue weighted by molar-refractivity contribution is -0.194. The Morgan fingerprint density at radius 3 is 2.95 bits per heavy atom. The number of hydrogen-bond donors (Lipinski definition) is 0. The van der Waals surface area contributed by atoms with E-state index in [1.807, 2.05) is 4.90 Å². The third-order valence-electron chi connectivity index (χ3n) is 4.97. The Balaban J connectivity index is 1.33. The van der Waals surface area contributed by atoms with Crippen molar-refractivity contribution in [3.8, 4) is 5.88 Å². The molecular weight excluding hydrogens is 282 g/mol. The maximum absolute atomic E-state index is 12.2. The highest BCUT2D eigenvalue weighted by atomic mass is 16.5. The van der Waals surface area contributed by atoms with Gasteiger partial charge in [-0.25, -0.2) is 4.98 Å². The van der Waals surface area contributed by atoms with E-state index in [1.54, 1.807) is 18.6 Å². The van der Waals surface area contributed by atoms with Crippen LogP contribution in [0.1, 0.15) is 26.2 Å². The molecule has 6 heteroatoms. The summed E-state index contributed by atoms with van der Waals surface area (Å²) in [5.74, 6) is 1.68. The number of amides is 1. The Kier molecular flexibility index (Phi) is 3.29. The van der Waals surface area contributed by atoms with Crippen LogP contribution in [-0.2, 0) is 9.53 Å². The van der Waals surface area contributed by atoms with E-state index in [2.05, 4.69) is 16.9 Å². The molecule has 0 unspecified atom stereocenters. The van der Waals surface area contributed by atoms with Gasteiger partial charge in [0.05, 0.1) is 25.9 Å². The third-order valence-corrected chi connectivity index (χ3v) is 4.97. The van der Waals surface area contributed by atoms with Crippen molar-refractivity contribution in [3.63, 3.8) is 0 Å². The highest BCUT2D eigenvalue weighted by Crippen LogP contribution is 2.43. The quantitative estimate of drug-likeness (QED) is 0.841. The first kappa shape index (κ1) is 13.9. The molecule has 118 valence electrons. The summed E-state index contributed by atoms with van der Waals surface area (Å²) in [6.07, 6.45) is 7.69. The molecule has 1 aliphatic carbocycles. The highest BCUT2D eigenvalue weighted by molar-refractivity contribution is 5.82. The Morgan fingerprint density at radius 2 is 2.27 bits per heavy atom. The van der Waals surface area contributed by atoms with E-state index in [4.69, 9.17) is 9.47 Å². The molecule has 1 saturated carbocycles. The van der Waals surface area contributed by atoms with Gasteiger partial charge in [0.2, 0.25) is 11.8 Å². The van der Waals surface area contributed by atoms with E-state index in [0.29, 0.717) is 37.4 Å². The molecule has 1 amide bonds. The van der Waals surface area contributed by atoms with Crippen LogP contribution in [0.3, 0.4) is 0 Å². The summed E-state index contributed by atoms with van der Waals surface area (Å²) in [6, 6.07) is 0. The second kappa shape index (κ2) is 5.19. The fourth-order valence-corrected chi connectivity index (χ4v) is 3.53. The zero-order valence-electron chi connectivity index (χ0n) is 12.8. The third kappa shape index (κ3) is 2.56. The van der Waals surface area contributed by atoms with Crippen molar-refractivity contribution in [1.29, 1.82) is 0 Å². The van der Waals surface area contributed by atoms with Gasteiger partial charge in [0.25, 0.3) is 0 Å². The van der Waals surface area contributed by atoms with Crippen LogP contribution in [0.4, 0.5) is 0 Å². The fourth-order valence-electron chi connectivity index (χ4n) is 3.53. The van der Waals surface area contributed by atoms with Gasteiger partial charge in [-0.3, -0.25) is 9.78 Å². The summed E-state index contributed by atoms with van der Waals surface area (Å²) in [6.45, 7) is 4.22. The van der Waals surface area contributed by atoms with Gasteiger partial charge < -0.3 is 14.4 Å². The molecule has 0 aromatic carbocycles. The molecule has 0 bridgehead atoms. The van der Waals surface area contributed by atoms with Gasteiger partial charge in [0.1, 0.15) is 11.7 Å². The molecule has 3 heterocycles. The van der Waals surface area contributed by atoms with Crippen LogP contribution < -0.4 is 4.74 Å². The van der Waals surface area contributed by atoms with Crippen molar-refractivity contribution in [2.24, 2.45) is 11.8 Å². The largest absolute Gasteiger partial charge is 0.473 e. The van der Waals surface area contributed by atoms with Crippen LogP contribution in [0, 0.1) is 11.8 Å². The predicted octanol–water partition coefficient (Wildman–Crippen LogP) is 1.27. The number of ether oxygens (including phenoxy) is 2. The van der Waals surface area contributed by atoms with Crippen molar-refractivity contribution < 1.29 is 14.3 Å². The summed E-state index contributed by atoms with van der Waals surface area (Å²) in [4.78, 5) is 22.3. The fraction of sp³-hybridized carbons (Fsp3) is 0.688. The predicted molar refractivity (Wildman–Crippen MR) is 78.2 cm³/mol. The van der Waals surface area contributed by atoms with E-state index in [9.17, 15) is 4.79 Å². The second-order valence-corrected chi connectivity index (χ2v) is 6.82. The molecule has 3 atom stereocenters. The van der Waals surface area contributed by atoms with Crippen molar-refractivity contribution >= 4 is 5.91 Å². The number of aromatic nitrogens is 2. The zero-order chi connectivity index (χ0) is 15.2. The average molecular weight is 303 g/mol. The minimum Gasteiger partial charge on any atom is -0.473 e. The van der Waals surface area contributed by atoms with Gasteiger partial charge in [-0.2, -0.15) is 0 Å². The monoisotopic (exact) mass is 303 g/mol. The van der Waals surface area contributed by atoms with Crippen molar-refractivity contribution in [1.82, 2.24) is 14.9 Å². The Hall–Kier alpha value is -1.69. The van der Waals surface area contributed by atoms with Gasteiger partial charge >= 0.3 is 0 Å². The van der Waals surface area contributed by atoms with E-state index in [0.717, 1.165) is 19.3 Å². The molecule has 22 heavy (non-hydrogen) atoms. The summed E-state index contributed by atoms with van der Waals surface area (Å²) in [7, 11) is 0. The Labute approximate surface area is 129 Å². The first-order valence-electron chi connectivity index (χ1n) is 8.01. The van der Waals surface area contributed by atoms with Crippen molar-refractivity contribution in [3.05, 3.63) is 18.6 Å². The molecule has 4 rings (SSSR count). The van der Waals surface area contributed by atoms with Gasteiger partial charge in [0.15, 0.2) is 0 Å². The summed E-state index contributed by atoms with van der Waals surface area (Å²) >= 11 is 0. The van der Waals surface area contributed by atoms with E-state index in [-0.39, 0.29) is 17.6 Å². The molecule has 3 aliphatic rings. The van der Waals surface area contributed by atoms with E-state index >= 15 is 0 Å². The number of hydrogen-bond acceptors (Lipinski definition) is 5. The lowest BCUT2D eigenvalue weighted by atomic mass is 9.84. The minimum atomic E-state index is -0.209. The maximum atomic E-state index is 12.2. The van der Waals surface area contributed by atoms with Crippen LogP contribution in [0.25, 0.3) is 0 Å². The molecule has 1 aromatic rings. The molecule has 0 radical (unpaired) electrons. The van der Waals surface area contributed by atoms with E-state index in [1.165, 1.54) is 0 Å². The Bertz CT molecular complexity index is 559. The lowest BCUT2D eigenvalue weighted by Crippen LogP contribution is -2.67. The van der Waals surface area contributed by atoms with Crippen LogP contribution in [0.5, 0.6) is 5.88 Å².